The van der Waals surface area contributed by atoms with Crippen LogP contribution in [0.15, 0.2) is 54.6 Å². The first-order valence-corrected chi connectivity index (χ1v) is 9.60. The van der Waals surface area contributed by atoms with E-state index in [1.54, 1.807) is 13.0 Å². The minimum absolute atomic E-state index is 0.166. The molecule has 1 aliphatic rings. The van der Waals surface area contributed by atoms with Crippen LogP contribution >= 0.6 is 0 Å². The Morgan fingerprint density at radius 3 is 2.48 bits per heavy atom. The number of aryl methyl sites for hydroxylation is 2. The SMILES string of the molecule is CCOC(=O)C1C(=O)C=C(c2cccc(C)c2)CC1c1ccc(CC)cc1. The van der Waals surface area contributed by atoms with Crippen molar-refractivity contribution in [3.8, 4) is 0 Å². The molecule has 2 unspecified atom stereocenters. The van der Waals surface area contributed by atoms with Gasteiger partial charge in [-0.05, 0) is 55.0 Å². The van der Waals surface area contributed by atoms with Gasteiger partial charge in [-0.2, -0.15) is 0 Å². The molecule has 0 spiro atoms. The molecule has 0 aromatic heterocycles. The van der Waals surface area contributed by atoms with Crippen molar-refractivity contribution in [2.75, 3.05) is 6.61 Å². The number of benzene rings is 2. The van der Waals surface area contributed by atoms with Crippen LogP contribution in [-0.2, 0) is 20.7 Å². The van der Waals surface area contributed by atoms with Crippen LogP contribution in [0.25, 0.3) is 5.57 Å². The topological polar surface area (TPSA) is 43.4 Å². The number of esters is 1. The Labute approximate surface area is 161 Å². The predicted molar refractivity (Wildman–Crippen MR) is 107 cm³/mol. The van der Waals surface area contributed by atoms with Gasteiger partial charge >= 0.3 is 5.97 Å². The minimum atomic E-state index is -0.772. The zero-order valence-corrected chi connectivity index (χ0v) is 16.2. The van der Waals surface area contributed by atoms with E-state index in [0.717, 1.165) is 28.7 Å². The first kappa shape index (κ1) is 19.1. The third-order valence-corrected chi connectivity index (χ3v) is 5.21. The fourth-order valence-corrected chi connectivity index (χ4v) is 3.74. The first-order chi connectivity index (χ1) is 13.0. The number of rotatable bonds is 5. The van der Waals surface area contributed by atoms with Crippen molar-refractivity contribution < 1.29 is 14.3 Å². The van der Waals surface area contributed by atoms with Crippen molar-refractivity contribution in [2.24, 2.45) is 5.92 Å². The maximum atomic E-state index is 12.9. The lowest BCUT2D eigenvalue weighted by Gasteiger charge is -2.29. The van der Waals surface area contributed by atoms with Gasteiger partial charge < -0.3 is 4.74 Å². The van der Waals surface area contributed by atoms with Gasteiger partial charge in [-0.1, -0.05) is 61.0 Å². The number of ketones is 1. The molecule has 0 aliphatic heterocycles. The van der Waals surface area contributed by atoms with Crippen LogP contribution in [0, 0.1) is 12.8 Å². The second-order valence-electron chi connectivity index (χ2n) is 7.08. The van der Waals surface area contributed by atoms with Gasteiger partial charge in [-0.15, -0.1) is 0 Å². The molecular formula is C24H26O3. The van der Waals surface area contributed by atoms with Crippen molar-refractivity contribution >= 4 is 17.3 Å². The molecular weight excluding hydrogens is 336 g/mol. The smallest absolute Gasteiger partial charge is 0.317 e. The van der Waals surface area contributed by atoms with E-state index in [9.17, 15) is 9.59 Å². The Kier molecular flexibility index (Phi) is 5.90. The van der Waals surface area contributed by atoms with Crippen LogP contribution in [0.4, 0.5) is 0 Å². The van der Waals surface area contributed by atoms with Gasteiger partial charge in [0, 0.05) is 5.92 Å². The Hall–Kier alpha value is -2.68. The molecule has 0 saturated heterocycles. The van der Waals surface area contributed by atoms with E-state index in [2.05, 4.69) is 25.1 Å². The minimum Gasteiger partial charge on any atom is -0.465 e. The molecule has 2 atom stereocenters. The van der Waals surface area contributed by atoms with Crippen LogP contribution in [0.3, 0.4) is 0 Å². The lowest BCUT2D eigenvalue weighted by Crippen LogP contribution is -2.34. The van der Waals surface area contributed by atoms with Crippen molar-refractivity contribution in [3.63, 3.8) is 0 Å². The average Bonchev–Trinajstić information content (AvgIpc) is 2.67. The van der Waals surface area contributed by atoms with Crippen LogP contribution in [0.2, 0.25) is 0 Å². The fourth-order valence-electron chi connectivity index (χ4n) is 3.74. The number of carbonyl (C=O) groups is 2. The summed E-state index contributed by atoms with van der Waals surface area (Å²) in [6.45, 7) is 6.19. The molecule has 3 rings (SSSR count). The largest absolute Gasteiger partial charge is 0.465 e. The molecule has 3 nitrogen and oxygen atoms in total. The highest BCUT2D eigenvalue weighted by Crippen LogP contribution is 2.40. The number of ether oxygens (including phenoxy) is 1. The molecule has 2 aromatic rings. The molecule has 27 heavy (non-hydrogen) atoms. The van der Waals surface area contributed by atoms with E-state index in [-0.39, 0.29) is 18.3 Å². The van der Waals surface area contributed by atoms with Gasteiger partial charge in [0.1, 0.15) is 5.92 Å². The summed E-state index contributed by atoms with van der Waals surface area (Å²) < 4.78 is 5.22. The summed E-state index contributed by atoms with van der Waals surface area (Å²) >= 11 is 0. The zero-order chi connectivity index (χ0) is 19.4. The summed E-state index contributed by atoms with van der Waals surface area (Å²) in [5, 5.41) is 0. The second kappa shape index (κ2) is 8.34. The first-order valence-electron chi connectivity index (χ1n) is 9.60. The molecule has 140 valence electrons. The maximum Gasteiger partial charge on any atom is 0.317 e. The number of hydrogen-bond acceptors (Lipinski definition) is 3. The van der Waals surface area contributed by atoms with E-state index >= 15 is 0 Å². The van der Waals surface area contributed by atoms with Gasteiger partial charge in [0.05, 0.1) is 6.61 Å². The number of carbonyl (C=O) groups excluding carboxylic acids is 2. The predicted octanol–water partition coefficient (Wildman–Crippen LogP) is 4.88. The quantitative estimate of drug-likeness (QED) is 0.562. The van der Waals surface area contributed by atoms with Crippen molar-refractivity contribution in [1.29, 1.82) is 0 Å². The van der Waals surface area contributed by atoms with Gasteiger partial charge in [0.15, 0.2) is 5.78 Å². The second-order valence-corrected chi connectivity index (χ2v) is 7.08. The van der Waals surface area contributed by atoms with Gasteiger partial charge in [0.2, 0.25) is 0 Å². The molecule has 0 amide bonds. The Morgan fingerprint density at radius 1 is 1.11 bits per heavy atom. The Balaban J connectivity index is 2.01. The summed E-state index contributed by atoms with van der Waals surface area (Å²) in [5.41, 5.74) is 5.42. The third-order valence-electron chi connectivity index (χ3n) is 5.21. The maximum absolute atomic E-state index is 12.9. The number of hydrogen-bond donors (Lipinski definition) is 0. The summed E-state index contributed by atoms with van der Waals surface area (Å²) in [5.74, 6) is -1.57. The van der Waals surface area contributed by atoms with Gasteiger partial charge in [-0.25, -0.2) is 0 Å². The standard InChI is InChI=1S/C24H26O3/c1-4-17-9-11-18(12-10-17)21-14-20(19-8-6-7-16(3)13-19)15-22(25)23(21)24(26)27-5-2/h6-13,15,21,23H,4-5,14H2,1-3H3. The van der Waals surface area contributed by atoms with Crippen molar-refractivity contribution in [1.82, 2.24) is 0 Å². The lowest BCUT2D eigenvalue weighted by atomic mass is 9.73. The zero-order valence-electron chi connectivity index (χ0n) is 16.2. The van der Waals surface area contributed by atoms with E-state index in [0.29, 0.717) is 6.42 Å². The molecule has 0 radical (unpaired) electrons. The van der Waals surface area contributed by atoms with E-state index in [4.69, 9.17) is 4.74 Å². The van der Waals surface area contributed by atoms with Crippen LogP contribution in [0.5, 0.6) is 0 Å². The molecule has 1 aliphatic carbocycles. The summed E-state index contributed by atoms with van der Waals surface area (Å²) in [7, 11) is 0. The lowest BCUT2D eigenvalue weighted by molar-refractivity contribution is -0.151. The van der Waals surface area contributed by atoms with E-state index in [1.165, 1.54) is 5.56 Å². The Bertz CT molecular complexity index is 861. The van der Waals surface area contributed by atoms with Crippen LogP contribution in [-0.4, -0.2) is 18.4 Å². The molecule has 0 heterocycles. The molecule has 0 fully saturated rings. The molecule has 2 aromatic carbocycles. The fraction of sp³-hybridized carbons (Fsp3) is 0.333. The highest BCUT2D eigenvalue weighted by Gasteiger charge is 2.39. The van der Waals surface area contributed by atoms with Crippen LogP contribution in [0.1, 0.15) is 48.4 Å². The van der Waals surface area contributed by atoms with Crippen molar-refractivity contribution in [2.45, 2.75) is 39.5 Å². The molecule has 0 saturated carbocycles. The van der Waals surface area contributed by atoms with E-state index in [1.807, 2.05) is 37.3 Å². The summed E-state index contributed by atoms with van der Waals surface area (Å²) in [4.78, 5) is 25.4. The number of allylic oxidation sites excluding steroid dienone is 2. The Morgan fingerprint density at radius 2 is 1.85 bits per heavy atom. The average molecular weight is 362 g/mol. The van der Waals surface area contributed by atoms with Gasteiger partial charge in [-0.3, -0.25) is 9.59 Å². The summed E-state index contributed by atoms with van der Waals surface area (Å²) in [6.07, 6.45) is 3.23. The normalized spacial score (nSPS) is 19.5. The third kappa shape index (κ3) is 4.19. The molecule has 0 N–H and O–H groups in total. The van der Waals surface area contributed by atoms with Crippen molar-refractivity contribution in [3.05, 3.63) is 76.9 Å². The van der Waals surface area contributed by atoms with Gasteiger partial charge in [0.25, 0.3) is 0 Å². The molecule has 3 heteroatoms. The van der Waals surface area contributed by atoms with E-state index < -0.39 is 11.9 Å². The monoisotopic (exact) mass is 362 g/mol. The highest BCUT2D eigenvalue weighted by atomic mass is 16.5. The highest BCUT2D eigenvalue weighted by molar-refractivity contribution is 6.10. The van der Waals surface area contributed by atoms with Crippen LogP contribution < -0.4 is 0 Å². The summed E-state index contributed by atoms with van der Waals surface area (Å²) in [6, 6.07) is 16.4. The molecule has 0 bridgehead atoms.